The summed E-state index contributed by atoms with van der Waals surface area (Å²) in [6.45, 7) is 13.0. The minimum atomic E-state index is -0.0221. The van der Waals surface area contributed by atoms with E-state index in [9.17, 15) is 4.79 Å². The summed E-state index contributed by atoms with van der Waals surface area (Å²) < 4.78 is 0. The van der Waals surface area contributed by atoms with Crippen molar-refractivity contribution in [2.45, 2.75) is 45.5 Å². The Labute approximate surface area is 167 Å². The molecule has 6 heteroatoms. The molecule has 0 atom stereocenters. The molecular formula is C21H30N4OS. The smallest absolute Gasteiger partial charge is 0.251 e. The summed E-state index contributed by atoms with van der Waals surface area (Å²) in [7, 11) is 0. The molecular weight excluding hydrogens is 356 g/mol. The normalized spacial score (nSPS) is 10.9. The maximum atomic E-state index is 12.3. The lowest BCUT2D eigenvalue weighted by molar-refractivity contribution is 0.0949. The highest BCUT2D eigenvalue weighted by Crippen LogP contribution is 2.23. The van der Waals surface area contributed by atoms with Gasteiger partial charge in [-0.05, 0) is 44.4 Å². The number of hydrogen-bond donors (Lipinski definition) is 1. The van der Waals surface area contributed by atoms with Gasteiger partial charge in [0.05, 0.1) is 0 Å². The minimum Gasteiger partial charge on any atom is -0.357 e. The molecule has 1 amide bonds. The quantitative estimate of drug-likeness (QED) is 0.514. The van der Waals surface area contributed by atoms with E-state index in [1.807, 2.05) is 37.3 Å². The van der Waals surface area contributed by atoms with Gasteiger partial charge in [-0.25, -0.2) is 9.97 Å². The lowest BCUT2D eigenvalue weighted by atomic mass is 10.1. The van der Waals surface area contributed by atoms with Crippen molar-refractivity contribution in [2.75, 3.05) is 24.5 Å². The van der Waals surface area contributed by atoms with Crippen molar-refractivity contribution in [1.29, 1.82) is 0 Å². The first-order valence-corrected chi connectivity index (χ1v) is 10.5. The molecule has 1 N–H and O–H groups in total. The molecule has 0 fully saturated rings. The van der Waals surface area contributed by atoms with Crippen LogP contribution < -0.4 is 10.2 Å². The summed E-state index contributed by atoms with van der Waals surface area (Å²) in [6.07, 6.45) is 0. The van der Waals surface area contributed by atoms with Crippen LogP contribution >= 0.6 is 11.8 Å². The zero-order valence-electron chi connectivity index (χ0n) is 17.0. The first-order chi connectivity index (χ1) is 12.9. The van der Waals surface area contributed by atoms with Crippen LogP contribution in [0.3, 0.4) is 0 Å². The van der Waals surface area contributed by atoms with Crippen molar-refractivity contribution in [3.63, 3.8) is 0 Å². The van der Waals surface area contributed by atoms with Crippen molar-refractivity contribution in [2.24, 2.45) is 5.92 Å². The summed E-state index contributed by atoms with van der Waals surface area (Å²) in [6, 6.07) is 9.79. The number of thioether (sulfide) groups is 1. The number of nitrogens with one attached hydrogen (secondary N) is 1. The van der Waals surface area contributed by atoms with E-state index >= 15 is 0 Å². The molecule has 0 unspecified atom stereocenters. The van der Waals surface area contributed by atoms with Gasteiger partial charge < -0.3 is 10.2 Å². The third-order valence-corrected chi connectivity index (χ3v) is 5.05. The van der Waals surface area contributed by atoms with E-state index in [1.54, 1.807) is 11.8 Å². The number of nitrogens with zero attached hydrogens (tertiary/aromatic N) is 3. The summed E-state index contributed by atoms with van der Waals surface area (Å²) >= 11 is 1.60. The van der Waals surface area contributed by atoms with Gasteiger partial charge in [0.25, 0.3) is 5.91 Å². The highest BCUT2D eigenvalue weighted by atomic mass is 32.2. The number of aryl methyl sites for hydroxylation is 1. The van der Waals surface area contributed by atoms with Gasteiger partial charge >= 0.3 is 0 Å². The van der Waals surface area contributed by atoms with Crippen LogP contribution in [0.4, 0.5) is 5.82 Å². The molecule has 0 saturated heterocycles. The Morgan fingerprint density at radius 2 is 1.93 bits per heavy atom. The zero-order valence-corrected chi connectivity index (χ0v) is 17.8. The predicted molar refractivity (Wildman–Crippen MR) is 114 cm³/mol. The van der Waals surface area contributed by atoms with Crippen LogP contribution in [-0.2, 0) is 5.75 Å². The number of aromatic nitrogens is 2. The van der Waals surface area contributed by atoms with Gasteiger partial charge in [0.15, 0.2) is 5.16 Å². The standard InChI is InChI=1S/C21H30N4OS/c1-6-25(7-2)19-11-16(5)23-21(24-19)27-14-17-9-8-10-18(12-17)20(26)22-13-15(3)4/h8-12,15H,6-7,13-14H2,1-5H3,(H,22,26). The first kappa shape index (κ1) is 21.2. The predicted octanol–water partition coefficient (Wildman–Crippen LogP) is 4.31. The molecule has 1 aromatic heterocycles. The van der Waals surface area contributed by atoms with Crippen LogP contribution in [0.2, 0.25) is 0 Å². The van der Waals surface area contributed by atoms with E-state index < -0.39 is 0 Å². The molecule has 1 aromatic carbocycles. The Hall–Kier alpha value is -2.08. The number of amides is 1. The van der Waals surface area contributed by atoms with Crippen molar-refractivity contribution < 1.29 is 4.79 Å². The van der Waals surface area contributed by atoms with Gasteiger partial charge in [-0.2, -0.15) is 0 Å². The Morgan fingerprint density at radius 3 is 2.59 bits per heavy atom. The molecule has 27 heavy (non-hydrogen) atoms. The van der Waals surface area contributed by atoms with E-state index in [0.717, 1.165) is 41.1 Å². The molecule has 2 aromatic rings. The Bertz CT molecular complexity index is 760. The fourth-order valence-electron chi connectivity index (χ4n) is 2.65. The molecule has 0 saturated carbocycles. The molecule has 0 aliphatic rings. The molecule has 0 aliphatic carbocycles. The summed E-state index contributed by atoms with van der Waals surface area (Å²) in [5.74, 6) is 2.11. The average molecular weight is 387 g/mol. The van der Waals surface area contributed by atoms with Gasteiger partial charge in [-0.15, -0.1) is 0 Å². The molecule has 0 spiro atoms. The van der Waals surface area contributed by atoms with Crippen molar-refractivity contribution in [3.05, 3.63) is 47.2 Å². The highest BCUT2D eigenvalue weighted by Gasteiger charge is 2.10. The molecule has 146 valence electrons. The first-order valence-electron chi connectivity index (χ1n) is 9.53. The number of carbonyl (C=O) groups excluding carboxylic acids is 1. The SMILES string of the molecule is CCN(CC)c1cc(C)nc(SCc2cccc(C(=O)NCC(C)C)c2)n1. The number of rotatable bonds is 9. The van der Waals surface area contributed by atoms with E-state index in [4.69, 9.17) is 4.98 Å². The summed E-state index contributed by atoms with van der Waals surface area (Å²) in [5, 5.41) is 3.73. The van der Waals surface area contributed by atoms with Gasteiger partial charge in [-0.1, -0.05) is 37.7 Å². The number of benzene rings is 1. The Morgan fingerprint density at radius 1 is 1.19 bits per heavy atom. The third kappa shape index (κ3) is 6.54. The maximum absolute atomic E-state index is 12.3. The molecule has 1 heterocycles. The van der Waals surface area contributed by atoms with E-state index in [-0.39, 0.29) is 5.91 Å². The second kappa shape index (κ2) is 10.3. The van der Waals surface area contributed by atoms with E-state index in [2.05, 4.69) is 42.9 Å². The fraction of sp³-hybridized carbons (Fsp3) is 0.476. The number of anilines is 1. The molecule has 0 aliphatic heterocycles. The van der Waals surface area contributed by atoms with E-state index in [1.165, 1.54) is 0 Å². The maximum Gasteiger partial charge on any atom is 0.251 e. The summed E-state index contributed by atoms with van der Waals surface area (Å²) in [5.41, 5.74) is 2.76. The number of carbonyl (C=O) groups is 1. The lowest BCUT2D eigenvalue weighted by Crippen LogP contribution is -2.27. The van der Waals surface area contributed by atoms with Crippen LogP contribution in [0.25, 0.3) is 0 Å². The number of hydrogen-bond acceptors (Lipinski definition) is 5. The molecule has 0 radical (unpaired) electrons. The van der Waals surface area contributed by atoms with Crippen LogP contribution in [0.15, 0.2) is 35.5 Å². The molecule has 0 bridgehead atoms. The summed E-state index contributed by atoms with van der Waals surface area (Å²) in [4.78, 5) is 23.7. The highest BCUT2D eigenvalue weighted by molar-refractivity contribution is 7.98. The van der Waals surface area contributed by atoms with Crippen LogP contribution in [-0.4, -0.2) is 35.5 Å². The topological polar surface area (TPSA) is 58.1 Å². The minimum absolute atomic E-state index is 0.0221. The second-order valence-electron chi connectivity index (χ2n) is 6.92. The third-order valence-electron chi connectivity index (χ3n) is 4.14. The molecule has 2 rings (SSSR count). The van der Waals surface area contributed by atoms with Crippen molar-refractivity contribution in [1.82, 2.24) is 15.3 Å². The lowest BCUT2D eigenvalue weighted by Gasteiger charge is -2.20. The average Bonchev–Trinajstić information content (AvgIpc) is 2.65. The van der Waals surface area contributed by atoms with Gasteiger partial charge in [0, 0.05) is 42.7 Å². The largest absolute Gasteiger partial charge is 0.357 e. The Balaban J connectivity index is 2.06. The Kier molecular flexibility index (Phi) is 8.10. The zero-order chi connectivity index (χ0) is 19.8. The van der Waals surface area contributed by atoms with Crippen molar-refractivity contribution in [3.8, 4) is 0 Å². The van der Waals surface area contributed by atoms with E-state index in [0.29, 0.717) is 18.0 Å². The van der Waals surface area contributed by atoms with Gasteiger partial charge in [0.2, 0.25) is 0 Å². The van der Waals surface area contributed by atoms with Gasteiger partial charge in [-0.3, -0.25) is 4.79 Å². The van der Waals surface area contributed by atoms with Gasteiger partial charge in [0.1, 0.15) is 5.82 Å². The van der Waals surface area contributed by atoms with Crippen LogP contribution in [0.1, 0.15) is 49.3 Å². The second-order valence-corrected chi connectivity index (χ2v) is 7.86. The van der Waals surface area contributed by atoms with Crippen LogP contribution in [0.5, 0.6) is 0 Å². The van der Waals surface area contributed by atoms with Crippen LogP contribution in [0, 0.1) is 12.8 Å². The monoisotopic (exact) mass is 386 g/mol. The molecule has 5 nitrogen and oxygen atoms in total. The van der Waals surface area contributed by atoms with Crippen molar-refractivity contribution >= 4 is 23.5 Å². The fourth-order valence-corrected chi connectivity index (χ4v) is 3.49.